The Morgan fingerprint density at radius 3 is 2.57 bits per heavy atom. The topological polar surface area (TPSA) is 17.1 Å². The second-order valence-corrected chi connectivity index (χ2v) is 1.10. The fraction of sp³-hybridized carbons (Fsp3) is 0.400. The molecule has 1 nitrogen and oxygen atoms in total. The van der Waals surface area contributed by atoms with Gasteiger partial charge in [-0.3, -0.25) is 4.79 Å². The molecule has 0 aromatic heterocycles. The second kappa shape index (κ2) is 3.53. The molecule has 0 rings (SSSR count). The van der Waals surface area contributed by atoms with Gasteiger partial charge in [-0.1, -0.05) is 6.92 Å². The number of hydrogen-bond donors (Lipinski definition) is 0. The maximum atomic E-state index is 11.8. The molecule has 0 aliphatic rings. The quantitative estimate of drug-likeness (QED) is 0.381. The lowest BCUT2D eigenvalue weighted by molar-refractivity contribution is -0.104. The maximum absolute atomic E-state index is 11.8. The third-order valence-corrected chi connectivity index (χ3v) is 0.587. The minimum atomic E-state index is -0.366. The van der Waals surface area contributed by atoms with Gasteiger partial charge in [0.2, 0.25) is 0 Å². The molecular formula is C5H7FO. The predicted octanol–water partition coefficient (Wildman–Crippen LogP) is 1.45. The van der Waals surface area contributed by atoms with E-state index in [0.717, 1.165) is 6.08 Å². The fourth-order valence-corrected chi connectivity index (χ4v) is 0.192. The second-order valence-electron chi connectivity index (χ2n) is 1.10. The molecule has 0 aromatic carbocycles. The van der Waals surface area contributed by atoms with Crippen LogP contribution < -0.4 is 0 Å². The van der Waals surface area contributed by atoms with Crippen molar-refractivity contribution in [1.82, 2.24) is 0 Å². The lowest BCUT2D eigenvalue weighted by Gasteiger charge is -1.79. The average molecular weight is 102 g/mol. The Bertz CT molecular complexity index is 86.1. The fourth-order valence-electron chi connectivity index (χ4n) is 0.192. The van der Waals surface area contributed by atoms with Crippen LogP contribution in [0.3, 0.4) is 0 Å². The summed E-state index contributed by atoms with van der Waals surface area (Å²) in [5, 5.41) is 0. The van der Waals surface area contributed by atoms with E-state index in [1.165, 1.54) is 0 Å². The zero-order chi connectivity index (χ0) is 5.70. The van der Waals surface area contributed by atoms with Crippen molar-refractivity contribution in [2.75, 3.05) is 0 Å². The molecule has 0 heterocycles. The highest BCUT2D eigenvalue weighted by Gasteiger charge is 1.82. The van der Waals surface area contributed by atoms with Crippen LogP contribution in [0.5, 0.6) is 0 Å². The van der Waals surface area contributed by atoms with Crippen LogP contribution in [-0.2, 0) is 4.79 Å². The molecule has 0 saturated carbocycles. The van der Waals surface area contributed by atoms with Crippen LogP contribution in [0.1, 0.15) is 13.3 Å². The summed E-state index contributed by atoms with van der Waals surface area (Å²) < 4.78 is 11.8. The van der Waals surface area contributed by atoms with Gasteiger partial charge in [0, 0.05) is 6.08 Å². The van der Waals surface area contributed by atoms with Gasteiger partial charge in [0.05, 0.1) is 0 Å². The molecule has 0 aliphatic carbocycles. The highest BCUT2D eigenvalue weighted by Crippen LogP contribution is 1.97. The predicted molar refractivity (Wildman–Crippen MR) is 25.5 cm³/mol. The zero-order valence-corrected chi connectivity index (χ0v) is 4.15. The molecule has 0 amide bonds. The molecule has 40 valence electrons. The van der Waals surface area contributed by atoms with E-state index in [9.17, 15) is 9.18 Å². The normalized spacial score (nSPS) is 11.4. The van der Waals surface area contributed by atoms with Gasteiger partial charge in [-0.15, -0.1) is 0 Å². The summed E-state index contributed by atoms with van der Waals surface area (Å²) >= 11 is 0. The lowest BCUT2D eigenvalue weighted by atomic mass is 10.4. The molecule has 0 unspecified atom stereocenters. The van der Waals surface area contributed by atoms with E-state index in [4.69, 9.17) is 0 Å². The first-order valence-corrected chi connectivity index (χ1v) is 2.11. The van der Waals surface area contributed by atoms with Crippen molar-refractivity contribution in [1.29, 1.82) is 0 Å². The maximum Gasteiger partial charge on any atom is 0.145 e. The Kier molecular flexibility index (Phi) is 3.19. The number of carbonyl (C=O) groups excluding carboxylic acids is 1. The first-order valence-electron chi connectivity index (χ1n) is 2.11. The van der Waals surface area contributed by atoms with Crippen LogP contribution >= 0.6 is 0 Å². The SMILES string of the molecule is CCC(F)=CC=O. The molecule has 0 aliphatic heterocycles. The molecule has 0 fully saturated rings. The standard InChI is InChI=1S/C5H7FO/c1-2-5(6)3-4-7/h3-4H,2H2,1H3. The number of aldehydes is 1. The van der Waals surface area contributed by atoms with Gasteiger partial charge in [-0.25, -0.2) is 4.39 Å². The van der Waals surface area contributed by atoms with Gasteiger partial charge in [-0.2, -0.15) is 0 Å². The lowest BCUT2D eigenvalue weighted by Crippen LogP contribution is -1.67. The molecule has 0 N–H and O–H groups in total. The highest BCUT2D eigenvalue weighted by molar-refractivity contribution is 5.65. The third kappa shape index (κ3) is 3.16. The number of carbonyl (C=O) groups is 1. The van der Waals surface area contributed by atoms with Crippen LogP contribution in [-0.4, -0.2) is 6.29 Å². The van der Waals surface area contributed by atoms with E-state index in [0.29, 0.717) is 12.7 Å². The Hall–Kier alpha value is -0.660. The molecule has 0 atom stereocenters. The number of hydrogen-bond acceptors (Lipinski definition) is 1. The first-order chi connectivity index (χ1) is 3.31. The molecule has 0 spiro atoms. The van der Waals surface area contributed by atoms with E-state index in [1.807, 2.05) is 0 Å². The largest absolute Gasteiger partial charge is 0.298 e. The summed E-state index contributed by atoms with van der Waals surface area (Å²) in [6.07, 6.45) is 1.66. The van der Waals surface area contributed by atoms with Gasteiger partial charge in [0.25, 0.3) is 0 Å². The summed E-state index contributed by atoms with van der Waals surface area (Å²) in [4.78, 5) is 9.46. The monoisotopic (exact) mass is 102 g/mol. The summed E-state index contributed by atoms with van der Waals surface area (Å²) in [6.45, 7) is 1.65. The summed E-state index contributed by atoms with van der Waals surface area (Å²) in [6, 6.07) is 0. The van der Waals surface area contributed by atoms with Crippen molar-refractivity contribution in [2.45, 2.75) is 13.3 Å². The van der Waals surface area contributed by atoms with E-state index in [1.54, 1.807) is 6.92 Å². The van der Waals surface area contributed by atoms with Crippen molar-refractivity contribution in [3.05, 3.63) is 11.9 Å². The van der Waals surface area contributed by atoms with Gasteiger partial charge in [-0.05, 0) is 6.42 Å². The molecule has 7 heavy (non-hydrogen) atoms. The summed E-state index contributed by atoms with van der Waals surface area (Å²) in [7, 11) is 0. The minimum absolute atomic E-state index is 0.304. The van der Waals surface area contributed by atoms with E-state index < -0.39 is 0 Å². The smallest absolute Gasteiger partial charge is 0.145 e. The molecule has 0 bridgehead atoms. The number of halogens is 1. The van der Waals surface area contributed by atoms with Crippen molar-refractivity contribution in [3.8, 4) is 0 Å². The Labute approximate surface area is 41.8 Å². The van der Waals surface area contributed by atoms with Crippen LogP contribution in [0.4, 0.5) is 4.39 Å². The number of allylic oxidation sites excluding steroid dienone is 2. The van der Waals surface area contributed by atoms with Crippen molar-refractivity contribution in [3.63, 3.8) is 0 Å². The van der Waals surface area contributed by atoms with Gasteiger partial charge in [0.1, 0.15) is 12.1 Å². The number of rotatable bonds is 2. The van der Waals surface area contributed by atoms with Crippen molar-refractivity contribution < 1.29 is 9.18 Å². The van der Waals surface area contributed by atoms with E-state index in [2.05, 4.69) is 0 Å². The Balaban J connectivity index is 3.49. The Morgan fingerprint density at radius 2 is 2.43 bits per heavy atom. The van der Waals surface area contributed by atoms with E-state index >= 15 is 0 Å². The molecule has 0 saturated heterocycles. The summed E-state index contributed by atoms with van der Waals surface area (Å²) in [5.41, 5.74) is 0. The van der Waals surface area contributed by atoms with Crippen LogP contribution in [0.2, 0.25) is 0 Å². The zero-order valence-electron chi connectivity index (χ0n) is 4.15. The molecular weight excluding hydrogens is 95.1 g/mol. The summed E-state index contributed by atoms with van der Waals surface area (Å²) in [5.74, 6) is -0.366. The van der Waals surface area contributed by atoms with Gasteiger partial charge in [0.15, 0.2) is 0 Å². The average Bonchev–Trinajstić information content (AvgIpc) is 1.68. The van der Waals surface area contributed by atoms with Crippen LogP contribution in [0, 0.1) is 0 Å². The van der Waals surface area contributed by atoms with E-state index in [-0.39, 0.29) is 5.83 Å². The van der Waals surface area contributed by atoms with Crippen LogP contribution in [0.15, 0.2) is 11.9 Å². The third-order valence-electron chi connectivity index (χ3n) is 0.587. The Morgan fingerprint density at radius 1 is 1.86 bits per heavy atom. The van der Waals surface area contributed by atoms with Gasteiger partial charge >= 0.3 is 0 Å². The van der Waals surface area contributed by atoms with Crippen LogP contribution in [0.25, 0.3) is 0 Å². The van der Waals surface area contributed by atoms with Gasteiger partial charge < -0.3 is 0 Å². The first kappa shape index (κ1) is 6.34. The highest BCUT2D eigenvalue weighted by atomic mass is 19.1. The molecule has 2 heteroatoms. The molecule has 0 radical (unpaired) electrons. The van der Waals surface area contributed by atoms with Crippen molar-refractivity contribution in [2.24, 2.45) is 0 Å². The van der Waals surface area contributed by atoms with Crippen molar-refractivity contribution >= 4 is 6.29 Å². The molecule has 0 aromatic rings. The minimum Gasteiger partial charge on any atom is -0.298 e.